The van der Waals surface area contributed by atoms with Crippen molar-refractivity contribution in [2.45, 2.75) is 13.8 Å². The summed E-state index contributed by atoms with van der Waals surface area (Å²) in [7, 11) is 0. The Bertz CT molecular complexity index is 906. The molecule has 128 valence electrons. The van der Waals surface area contributed by atoms with Crippen molar-refractivity contribution in [2.24, 2.45) is 0 Å². The van der Waals surface area contributed by atoms with Crippen LogP contribution in [0.15, 0.2) is 54.7 Å². The molecule has 0 aliphatic rings. The number of halogens is 1. The lowest BCUT2D eigenvalue weighted by Crippen LogP contribution is -2.23. The minimum Gasteiger partial charge on any atom is -0.357 e. The normalized spacial score (nSPS) is 10.7. The molecule has 0 saturated heterocycles. The van der Waals surface area contributed by atoms with Crippen molar-refractivity contribution < 1.29 is 4.79 Å². The minimum absolute atomic E-state index is 0.197. The first-order valence-corrected chi connectivity index (χ1v) is 8.71. The molecule has 0 spiro atoms. The van der Waals surface area contributed by atoms with Crippen LogP contribution in [0.2, 0.25) is 5.02 Å². The highest BCUT2D eigenvalue weighted by Gasteiger charge is 2.16. The van der Waals surface area contributed by atoms with Crippen LogP contribution in [0.4, 0.5) is 11.5 Å². The third-order valence-corrected chi connectivity index (χ3v) is 4.40. The highest BCUT2D eigenvalue weighted by atomic mass is 35.5. The van der Waals surface area contributed by atoms with E-state index in [1.807, 2.05) is 30.3 Å². The molecule has 4 nitrogen and oxygen atoms in total. The number of nitrogens with zero attached hydrogens (tertiary/aromatic N) is 2. The summed E-state index contributed by atoms with van der Waals surface area (Å²) in [6.07, 6.45) is 1.65. The zero-order valence-electron chi connectivity index (χ0n) is 14.3. The van der Waals surface area contributed by atoms with Crippen LogP contribution in [0.5, 0.6) is 0 Å². The Balaban J connectivity index is 2.02. The van der Waals surface area contributed by atoms with Gasteiger partial charge in [-0.05, 0) is 37.4 Å². The molecule has 0 aliphatic carbocycles. The third kappa shape index (κ3) is 3.59. The van der Waals surface area contributed by atoms with E-state index >= 15 is 0 Å². The molecular formula is C20H20ClN3O. The van der Waals surface area contributed by atoms with E-state index in [-0.39, 0.29) is 5.91 Å². The summed E-state index contributed by atoms with van der Waals surface area (Å²) in [5.41, 5.74) is 1.21. The Hall–Kier alpha value is -2.59. The molecule has 0 unspecified atom stereocenters. The molecule has 5 heteroatoms. The number of anilines is 2. The van der Waals surface area contributed by atoms with Crippen LogP contribution < -0.4 is 10.2 Å². The van der Waals surface area contributed by atoms with Gasteiger partial charge in [0, 0.05) is 35.4 Å². The molecule has 3 rings (SSSR count). The van der Waals surface area contributed by atoms with Crippen LogP contribution in [-0.2, 0) is 0 Å². The van der Waals surface area contributed by atoms with E-state index in [2.05, 4.69) is 29.0 Å². The van der Waals surface area contributed by atoms with E-state index in [0.717, 1.165) is 29.7 Å². The van der Waals surface area contributed by atoms with Crippen LogP contribution in [0.25, 0.3) is 10.8 Å². The SMILES string of the molecule is CCN(CC)c1ncc(C(=O)Nc2cccc(Cl)c2)c2ccccc12. The summed E-state index contributed by atoms with van der Waals surface area (Å²) in [6, 6.07) is 15.0. The van der Waals surface area contributed by atoms with E-state index in [1.165, 1.54) is 0 Å². The van der Waals surface area contributed by atoms with Crippen molar-refractivity contribution in [3.05, 3.63) is 65.3 Å². The van der Waals surface area contributed by atoms with E-state index in [9.17, 15) is 4.79 Å². The number of nitrogens with one attached hydrogen (secondary N) is 1. The van der Waals surface area contributed by atoms with Gasteiger partial charge in [0.05, 0.1) is 5.56 Å². The van der Waals surface area contributed by atoms with Crippen molar-refractivity contribution >= 4 is 39.8 Å². The van der Waals surface area contributed by atoms with Gasteiger partial charge in [-0.2, -0.15) is 0 Å². The first-order chi connectivity index (χ1) is 12.1. The van der Waals surface area contributed by atoms with Gasteiger partial charge in [0.1, 0.15) is 5.82 Å². The Morgan fingerprint density at radius 1 is 1.08 bits per heavy atom. The average Bonchev–Trinajstić information content (AvgIpc) is 2.62. The maximum atomic E-state index is 12.8. The van der Waals surface area contributed by atoms with Crippen molar-refractivity contribution in [3.8, 4) is 0 Å². The second kappa shape index (κ2) is 7.53. The largest absolute Gasteiger partial charge is 0.357 e. The first kappa shape index (κ1) is 17.2. The van der Waals surface area contributed by atoms with Crippen molar-refractivity contribution in [1.82, 2.24) is 4.98 Å². The number of fused-ring (bicyclic) bond motifs is 1. The summed E-state index contributed by atoms with van der Waals surface area (Å²) in [5, 5.41) is 5.34. The van der Waals surface area contributed by atoms with Gasteiger partial charge < -0.3 is 10.2 Å². The molecule has 3 aromatic rings. The minimum atomic E-state index is -0.197. The maximum Gasteiger partial charge on any atom is 0.257 e. The molecule has 0 bridgehead atoms. The predicted molar refractivity (Wildman–Crippen MR) is 105 cm³/mol. The first-order valence-electron chi connectivity index (χ1n) is 8.33. The third-order valence-electron chi connectivity index (χ3n) is 4.16. The second-order valence-electron chi connectivity index (χ2n) is 5.68. The number of aromatic nitrogens is 1. The number of benzene rings is 2. The number of carbonyl (C=O) groups excluding carboxylic acids is 1. The molecule has 1 N–H and O–H groups in total. The molecule has 0 atom stereocenters. The smallest absolute Gasteiger partial charge is 0.257 e. The van der Waals surface area contributed by atoms with Crippen molar-refractivity contribution in [1.29, 1.82) is 0 Å². The molecule has 25 heavy (non-hydrogen) atoms. The fraction of sp³-hybridized carbons (Fsp3) is 0.200. The van der Waals surface area contributed by atoms with E-state index < -0.39 is 0 Å². The van der Waals surface area contributed by atoms with Gasteiger partial charge in [-0.15, -0.1) is 0 Å². The molecule has 0 radical (unpaired) electrons. The number of amides is 1. The van der Waals surface area contributed by atoms with Crippen LogP contribution in [0, 0.1) is 0 Å². The van der Waals surface area contributed by atoms with Crippen LogP contribution in [0.3, 0.4) is 0 Å². The van der Waals surface area contributed by atoms with Gasteiger partial charge in [0.25, 0.3) is 5.91 Å². The Kier molecular flexibility index (Phi) is 5.19. The number of hydrogen-bond donors (Lipinski definition) is 1. The van der Waals surface area contributed by atoms with E-state index in [1.54, 1.807) is 24.4 Å². The zero-order chi connectivity index (χ0) is 17.8. The molecule has 0 saturated carbocycles. The summed E-state index contributed by atoms with van der Waals surface area (Å²) < 4.78 is 0. The summed E-state index contributed by atoms with van der Waals surface area (Å²) in [4.78, 5) is 19.5. The number of rotatable bonds is 5. The van der Waals surface area contributed by atoms with Crippen molar-refractivity contribution in [2.75, 3.05) is 23.3 Å². The average molecular weight is 354 g/mol. The van der Waals surface area contributed by atoms with Gasteiger partial charge in [0.15, 0.2) is 0 Å². The van der Waals surface area contributed by atoms with Crippen LogP contribution >= 0.6 is 11.6 Å². The Morgan fingerprint density at radius 3 is 2.48 bits per heavy atom. The van der Waals surface area contributed by atoms with Crippen LogP contribution in [-0.4, -0.2) is 24.0 Å². The van der Waals surface area contributed by atoms with Gasteiger partial charge in [-0.1, -0.05) is 41.9 Å². The molecule has 0 fully saturated rings. The highest BCUT2D eigenvalue weighted by molar-refractivity contribution is 6.31. The molecular weight excluding hydrogens is 334 g/mol. The fourth-order valence-electron chi connectivity index (χ4n) is 2.90. The standard InChI is InChI=1S/C20H20ClN3O/c1-3-24(4-2)19-17-11-6-5-10-16(17)18(13-22-19)20(25)23-15-9-7-8-14(21)12-15/h5-13H,3-4H2,1-2H3,(H,23,25). The number of pyridine rings is 1. The number of hydrogen-bond acceptors (Lipinski definition) is 3. The Morgan fingerprint density at radius 2 is 1.80 bits per heavy atom. The lowest BCUT2D eigenvalue weighted by molar-refractivity contribution is 0.102. The predicted octanol–water partition coefficient (Wildman–Crippen LogP) is 4.99. The Labute approximate surface area is 152 Å². The van der Waals surface area contributed by atoms with Gasteiger partial charge in [0.2, 0.25) is 0 Å². The topological polar surface area (TPSA) is 45.2 Å². The molecule has 1 amide bonds. The molecule has 1 heterocycles. The monoisotopic (exact) mass is 353 g/mol. The lowest BCUT2D eigenvalue weighted by Gasteiger charge is -2.22. The summed E-state index contributed by atoms with van der Waals surface area (Å²) in [5.74, 6) is 0.706. The van der Waals surface area contributed by atoms with Gasteiger partial charge in [-0.25, -0.2) is 4.98 Å². The lowest BCUT2D eigenvalue weighted by atomic mass is 10.1. The van der Waals surface area contributed by atoms with Gasteiger partial charge >= 0.3 is 0 Å². The van der Waals surface area contributed by atoms with Crippen molar-refractivity contribution in [3.63, 3.8) is 0 Å². The van der Waals surface area contributed by atoms with E-state index in [0.29, 0.717) is 16.3 Å². The van der Waals surface area contributed by atoms with Gasteiger partial charge in [-0.3, -0.25) is 4.79 Å². The number of carbonyl (C=O) groups is 1. The highest BCUT2D eigenvalue weighted by Crippen LogP contribution is 2.28. The summed E-state index contributed by atoms with van der Waals surface area (Å²) >= 11 is 5.99. The maximum absolute atomic E-state index is 12.8. The molecule has 0 aliphatic heterocycles. The summed E-state index contributed by atoms with van der Waals surface area (Å²) in [6.45, 7) is 5.92. The zero-order valence-corrected chi connectivity index (χ0v) is 15.0. The fourth-order valence-corrected chi connectivity index (χ4v) is 3.09. The van der Waals surface area contributed by atoms with Crippen LogP contribution in [0.1, 0.15) is 24.2 Å². The quantitative estimate of drug-likeness (QED) is 0.703. The molecule has 2 aromatic carbocycles. The van der Waals surface area contributed by atoms with E-state index in [4.69, 9.17) is 11.6 Å². The second-order valence-corrected chi connectivity index (χ2v) is 6.11. The molecule has 1 aromatic heterocycles.